The van der Waals surface area contributed by atoms with Gasteiger partial charge in [0.1, 0.15) is 15.9 Å². The lowest BCUT2D eigenvalue weighted by Crippen LogP contribution is -2.13. The Balaban J connectivity index is 2.12. The number of aromatic nitrogens is 3. The van der Waals surface area contributed by atoms with Crippen molar-refractivity contribution in [2.75, 3.05) is 0 Å². The predicted octanol–water partition coefficient (Wildman–Crippen LogP) is 2.46. The summed E-state index contributed by atoms with van der Waals surface area (Å²) in [4.78, 5) is 12.8. The highest BCUT2D eigenvalue weighted by molar-refractivity contribution is 7.99. The zero-order chi connectivity index (χ0) is 13.9. The number of nitrogens with one attached hydrogen (secondary N) is 1. The Hall–Kier alpha value is -2.47. The van der Waals surface area contributed by atoms with Gasteiger partial charge in [-0.3, -0.25) is 10.4 Å². The zero-order valence-corrected chi connectivity index (χ0v) is 11.3. The van der Waals surface area contributed by atoms with Crippen LogP contribution in [0.25, 0.3) is 10.9 Å². The van der Waals surface area contributed by atoms with Crippen LogP contribution in [0, 0.1) is 5.41 Å². The largest absolute Gasteiger partial charge is 0.384 e. The maximum absolute atomic E-state index is 7.71. The van der Waals surface area contributed by atoms with Gasteiger partial charge in [-0.1, -0.05) is 18.2 Å². The summed E-state index contributed by atoms with van der Waals surface area (Å²) in [6, 6.07) is 9.62. The number of pyridine rings is 1. The summed E-state index contributed by atoms with van der Waals surface area (Å²) in [6.07, 6.45) is 4.89. The third kappa shape index (κ3) is 2.46. The van der Waals surface area contributed by atoms with Gasteiger partial charge >= 0.3 is 0 Å². The van der Waals surface area contributed by atoms with Gasteiger partial charge in [0, 0.05) is 23.3 Å². The smallest absolute Gasteiger partial charge is 0.125 e. The monoisotopic (exact) mass is 281 g/mol. The van der Waals surface area contributed by atoms with E-state index in [2.05, 4.69) is 15.0 Å². The topological polar surface area (TPSA) is 88.5 Å². The van der Waals surface area contributed by atoms with Crippen LogP contribution < -0.4 is 5.73 Å². The summed E-state index contributed by atoms with van der Waals surface area (Å²) >= 11 is 1.35. The standard InChI is InChI=1S/C14H11N5S/c15-13(16)10-7-9-3-1-2-4-11(9)19-14(10)20-12-8-17-5-6-18-12/h1-8H,(H3,15,16). The van der Waals surface area contributed by atoms with Crippen molar-refractivity contribution in [3.8, 4) is 0 Å². The molecule has 0 atom stereocenters. The second kappa shape index (κ2) is 5.26. The molecule has 2 heterocycles. The minimum atomic E-state index is -0.00496. The van der Waals surface area contributed by atoms with Gasteiger partial charge in [-0.05, 0) is 23.9 Å². The fraction of sp³-hybridized carbons (Fsp3) is 0. The number of hydrogen-bond donors (Lipinski definition) is 2. The van der Waals surface area contributed by atoms with Crippen LogP contribution in [0.5, 0.6) is 0 Å². The minimum absolute atomic E-state index is 0.00496. The van der Waals surface area contributed by atoms with Gasteiger partial charge in [-0.2, -0.15) is 0 Å². The molecular formula is C14H11N5S. The van der Waals surface area contributed by atoms with Crippen LogP contribution in [-0.4, -0.2) is 20.8 Å². The minimum Gasteiger partial charge on any atom is -0.384 e. The Labute approximate surface area is 119 Å². The Morgan fingerprint density at radius 1 is 1.20 bits per heavy atom. The molecule has 0 spiro atoms. The van der Waals surface area contributed by atoms with Gasteiger partial charge in [0.25, 0.3) is 0 Å². The molecule has 0 aliphatic rings. The number of nitrogen functional groups attached to an aromatic ring is 1. The van der Waals surface area contributed by atoms with E-state index in [-0.39, 0.29) is 5.84 Å². The van der Waals surface area contributed by atoms with Crippen LogP contribution in [0.2, 0.25) is 0 Å². The van der Waals surface area contributed by atoms with Crippen LogP contribution in [0.3, 0.4) is 0 Å². The molecule has 0 bridgehead atoms. The van der Waals surface area contributed by atoms with E-state index in [0.717, 1.165) is 15.9 Å². The van der Waals surface area contributed by atoms with Crippen molar-refractivity contribution in [3.05, 3.63) is 54.5 Å². The molecule has 5 nitrogen and oxygen atoms in total. The van der Waals surface area contributed by atoms with E-state index < -0.39 is 0 Å². The van der Waals surface area contributed by atoms with E-state index in [1.54, 1.807) is 18.6 Å². The first kappa shape index (κ1) is 12.6. The van der Waals surface area contributed by atoms with Gasteiger partial charge in [0.05, 0.1) is 11.7 Å². The van der Waals surface area contributed by atoms with E-state index in [4.69, 9.17) is 11.1 Å². The van der Waals surface area contributed by atoms with E-state index in [9.17, 15) is 0 Å². The van der Waals surface area contributed by atoms with Gasteiger partial charge < -0.3 is 5.73 Å². The molecule has 2 aromatic heterocycles. The lowest BCUT2D eigenvalue weighted by atomic mass is 10.1. The first-order chi connectivity index (χ1) is 9.74. The molecule has 20 heavy (non-hydrogen) atoms. The van der Waals surface area contributed by atoms with Crippen LogP contribution in [0.1, 0.15) is 5.56 Å². The van der Waals surface area contributed by atoms with Crippen molar-refractivity contribution < 1.29 is 0 Å². The van der Waals surface area contributed by atoms with Gasteiger partial charge in [0.15, 0.2) is 0 Å². The van der Waals surface area contributed by atoms with Gasteiger partial charge in [-0.25, -0.2) is 9.97 Å². The van der Waals surface area contributed by atoms with Crippen LogP contribution >= 0.6 is 11.8 Å². The fourth-order valence-corrected chi connectivity index (χ4v) is 2.65. The first-order valence-electron chi connectivity index (χ1n) is 5.92. The number of amidine groups is 1. The molecule has 3 aromatic rings. The molecule has 0 fully saturated rings. The average molecular weight is 281 g/mol. The summed E-state index contributed by atoms with van der Waals surface area (Å²) in [5.41, 5.74) is 7.13. The van der Waals surface area contributed by atoms with Crippen molar-refractivity contribution in [3.63, 3.8) is 0 Å². The number of benzene rings is 1. The van der Waals surface area contributed by atoms with Gasteiger partial charge in [0.2, 0.25) is 0 Å². The molecule has 0 aliphatic heterocycles. The van der Waals surface area contributed by atoms with E-state index in [0.29, 0.717) is 10.6 Å². The highest BCUT2D eigenvalue weighted by Gasteiger charge is 2.11. The normalized spacial score (nSPS) is 10.6. The highest BCUT2D eigenvalue weighted by atomic mass is 32.2. The maximum Gasteiger partial charge on any atom is 0.125 e. The number of rotatable bonds is 3. The molecule has 3 rings (SSSR count). The number of fused-ring (bicyclic) bond motifs is 1. The molecule has 0 amide bonds. The number of para-hydroxylation sites is 1. The molecule has 0 aliphatic carbocycles. The van der Waals surface area contributed by atoms with E-state index in [1.165, 1.54) is 11.8 Å². The van der Waals surface area contributed by atoms with Crippen molar-refractivity contribution >= 4 is 28.5 Å². The fourth-order valence-electron chi connectivity index (χ4n) is 1.81. The summed E-state index contributed by atoms with van der Waals surface area (Å²) in [6.45, 7) is 0. The third-order valence-electron chi connectivity index (χ3n) is 2.72. The lowest BCUT2D eigenvalue weighted by Gasteiger charge is -2.08. The van der Waals surface area contributed by atoms with Crippen LogP contribution in [0.4, 0.5) is 0 Å². The third-order valence-corrected chi connectivity index (χ3v) is 3.64. The lowest BCUT2D eigenvalue weighted by molar-refractivity contribution is 1.04. The van der Waals surface area contributed by atoms with Gasteiger partial charge in [-0.15, -0.1) is 0 Å². The first-order valence-corrected chi connectivity index (χ1v) is 6.74. The van der Waals surface area contributed by atoms with Crippen molar-refractivity contribution in [1.29, 1.82) is 5.41 Å². The number of nitrogens with two attached hydrogens (primary N) is 1. The second-order valence-electron chi connectivity index (χ2n) is 4.09. The molecule has 0 unspecified atom stereocenters. The Kier molecular flexibility index (Phi) is 3.30. The van der Waals surface area contributed by atoms with E-state index >= 15 is 0 Å². The second-order valence-corrected chi connectivity index (χ2v) is 5.10. The summed E-state index contributed by atoms with van der Waals surface area (Å²) in [5, 5.41) is 10.0. The van der Waals surface area contributed by atoms with E-state index in [1.807, 2.05) is 30.3 Å². The molecule has 0 radical (unpaired) electrons. The molecule has 6 heteroatoms. The molecule has 0 saturated carbocycles. The number of nitrogens with zero attached hydrogens (tertiary/aromatic N) is 3. The Morgan fingerprint density at radius 3 is 2.80 bits per heavy atom. The molecule has 3 N–H and O–H groups in total. The molecular weight excluding hydrogens is 270 g/mol. The summed E-state index contributed by atoms with van der Waals surface area (Å²) < 4.78 is 0. The molecule has 98 valence electrons. The van der Waals surface area contributed by atoms with Crippen LogP contribution in [0.15, 0.2) is 59.0 Å². The Bertz CT molecular complexity index is 773. The Morgan fingerprint density at radius 2 is 2.05 bits per heavy atom. The average Bonchev–Trinajstić information content (AvgIpc) is 2.47. The highest BCUT2D eigenvalue weighted by Crippen LogP contribution is 2.29. The zero-order valence-electron chi connectivity index (χ0n) is 10.4. The predicted molar refractivity (Wildman–Crippen MR) is 78.9 cm³/mol. The molecule has 0 saturated heterocycles. The summed E-state index contributed by atoms with van der Waals surface area (Å²) in [7, 11) is 0. The van der Waals surface area contributed by atoms with Crippen molar-refractivity contribution in [2.45, 2.75) is 10.1 Å². The van der Waals surface area contributed by atoms with Crippen molar-refractivity contribution in [2.24, 2.45) is 5.73 Å². The summed E-state index contributed by atoms with van der Waals surface area (Å²) in [5.74, 6) is -0.00496. The number of hydrogen-bond acceptors (Lipinski definition) is 5. The maximum atomic E-state index is 7.71. The quantitative estimate of drug-likeness (QED) is 0.568. The van der Waals surface area contributed by atoms with Crippen LogP contribution in [-0.2, 0) is 0 Å². The molecule has 1 aromatic carbocycles. The SMILES string of the molecule is N=C(N)c1cc2ccccc2nc1Sc1cnccn1. The van der Waals surface area contributed by atoms with Crippen molar-refractivity contribution in [1.82, 2.24) is 15.0 Å².